The Labute approximate surface area is 109 Å². The highest BCUT2D eigenvalue weighted by Gasteiger charge is 2.18. The zero-order valence-electron chi connectivity index (χ0n) is 10.7. The van der Waals surface area contributed by atoms with Crippen LogP contribution >= 0.6 is 0 Å². The SMILES string of the molecule is N#CC1CCCN(CCCOc2ccccc2)C1. The fourth-order valence-corrected chi connectivity index (χ4v) is 2.36. The van der Waals surface area contributed by atoms with Crippen LogP contribution in [0.25, 0.3) is 0 Å². The van der Waals surface area contributed by atoms with Gasteiger partial charge in [0.05, 0.1) is 18.6 Å². The van der Waals surface area contributed by atoms with Crippen molar-refractivity contribution in [1.29, 1.82) is 5.26 Å². The lowest BCUT2D eigenvalue weighted by Gasteiger charge is -2.29. The highest BCUT2D eigenvalue weighted by Crippen LogP contribution is 2.15. The molecular formula is C15H20N2O. The normalized spacial score (nSPS) is 20.3. The molecule has 1 atom stereocenters. The largest absolute Gasteiger partial charge is 0.494 e. The highest BCUT2D eigenvalue weighted by molar-refractivity contribution is 5.20. The van der Waals surface area contributed by atoms with Gasteiger partial charge in [0.2, 0.25) is 0 Å². The first-order valence-electron chi connectivity index (χ1n) is 6.68. The van der Waals surface area contributed by atoms with Gasteiger partial charge in [0.1, 0.15) is 5.75 Å². The Morgan fingerprint density at radius 3 is 2.94 bits per heavy atom. The monoisotopic (exact) mass is 244 g/mol. The number of ether oxygens (including phenoxy) is 1. The van der Waals surface area contributed by atoms with E-state index >= 15 is 0 Å². The van der Waals surface area contributed by atoms with Crippen molar-refractivity contribution in [3.8, 4) is 11.8 Å². The molecule has 1 aliphatic rings. The van der Waals surface area contributed by atoms with Crippen LogP contribution < -0.4 is 4.74 Å². The van der Waals surface area contributed by atoms with E-state index in [1.165, 1.54) is 0 Å². The van der Waals surface area contributed by atoms with E-state index in [1.807, 2.05) is 30.3 Å². The van der Waals surface area contributed by atoms with Gasteiger partial charge in [-0.2, -0.15) is 5.26 Å². The van der Waals surface area contributed by atoms with Crippen LogP contribution in [0.15, 0.2) is 30.3 Å². The molecule has 1 heterocycles. The Kier molecular flexibility index (Phi) is 5.04. The average molecular weight is 244 g/mol. The molecule has 18 heavy (non-hydrogen) atoms. The van der Waals surface area contributed by atoms with E-state index in [0.29, 0.717) is 0 Å². The minimum Gasteiger partial charge on any atom is -0.494 e. The van der Waals surface area contributed by atoms with Crippen molar-refractivity contribution in [1.82, 2.24) is 4.90 Å². The molecule has 1 fully saturated rings. The molecule has 0 aromatic heterocycles. The van der Waals surface area contributed by atoms with Gasteiger partial charge in [-0.15, -0.1) is 0 Å². The zero-order valence-corrected chi connectivity index (χ0v) is 10.7. The van der Waals surface area contributed by atoms with Crippen LogP contribution in [0.2, 0.25) is 0 Å². The maximum Gasteiger partial charge on any atom is 0.119 e. The number of para-hydroxylation sites is 1. The molecule has 1 unspecified atom stereocenters. The predicted octanol–water partition coefficient (Wildman–Crippen LogP) is 2.69. The van der Waals surface area contributed by atoms with Crippen molar-refractivity contribution in [2.45, 2.75) is 19.3 Å². The third-order valence-corrected chi connectivity index (χ3v) is 3.32. The number of benzene rings is 1. The number of hydrogen-bond acceptors (Lipinski definition) is 3. The Morgan fingerprint density at radius 2 is 2.17 bits per heavy atom. The standard InChI is InChI=1S/C15H20N2O/c16-12-14-6-4-9-17(13-14)10-5-11-18-15-7-2-1-3-8-15/h1-3,7-8,14H,4-6,9-11,13H2. The van der Waals surface area contributed by atoms with E-state index in [9.17, 15) is 0 Å². The van der Waals surface area contributed by atoms with Gasteiger partial charge in [-0.05, 0) is 37.9 Å². The smallest absolute Gasteiger partial charge is 0.119 e. The van der Waals surface area contributed by atoms with Crippen LogP contribution in [-0.4, -0.2) is 31.1 Å². The summed E-state index contributed by atoms with van der Waals surface area (Å²) in [6, 6.07) is 12.3. The highest BCUT2D eigenvalue weighted by atomic mass is 16.5. The zero-order chi connectivity index (χ0) is 12.6. The first-order valence-corrected chi connectivity index (χ1v) is 6.68. The lowest BCUT2D eigenvalue weighted by Crippen LogP contribution is -2.36. The van der Waals surface area contributed by atoms with Crippen LogP contribution in [0.4, 0.5) is 0 Å². The molecule has 1 aliphatic heterocycles. The topological polar surface area (TPSA) is 36.3 Å². The van der Waals surface area contributed by atoms with Crippen molar-refractivity contribution >= 4 is 0 Å². The maximum atomic E-state index is 8.93. The maximum absolute atomic E-state index is 8.93. The molecule has 1 saturated heterocycles. The molecule has 0 aliphatic carbocycles. The van der Waals surface area contributed by atoms with Crippen molar-refractivity contribution in [2.75, 3.05) is 26.2 Å². The van der Waals surface area contributed by atoms with Crippen molar-refractivity contribution < 1.29 is 4.74 Å². The fourth-order valence-electron chi connectivity index (χ4n) is 2.36. The first-order chi connectivity index (χ1) is 8.88. The van der Waals surface area contributed by atoms with E-state index in [1.54, 1.807) is 0 Å². The molecule has 1 aromatic carbocycles. The molecule has 3 nitrogen and oxygen atoms in total. The van der Waals surface area contributed by atoms with Crippen LogP contribution in [-0.2, 0) is 0 Å². The molecule has 0 spiro atoms. The minimum absolute atomic E-state index is 0.230. The van der Waals surface area contributed by atoms with E-state index < -0.39 is 0 Å². The third-order valence-electron chi connectivity index (χ3n) is 3.32. The average Bonchev–Trinajstić information content (AvgIpc) is 2.45. The summed E-state index contributed by atoms with van der Waals surface area (Å²) in [7, 11) is 0. The molecule has 0 saturated carbocycles. The van der Waals surface area contributed by atoms with Crippen molar-refractivity contribution in [3.05, 3.63) is 30.3 Å². The second-order valence-electron chi connectivity index (χ2n) is 4.78. The first kappa shape index (κ1) is 12.9. The summed E-state index contributed by atoms with van der Waals surface area (Å²) in [6.07, 6.45) is 3.23. The number of likely N-dealkylation sites (tertiary alicyclic amines) is 1. The lowest BCUT2D eigenvalue weighted by atomic mass is 10.00. The Balaban J connectivity index is 1.62. The van der Waals surface area contributed by atoms with E-state index in [4.69, 9.17) is 10.00 Å². The lowest BCUT2D eigenvalue weighted by molar-refractivity contribution is 0.183. The second kappa shape index (κ2) is 7.03. The summed E-state index contributed by atoms with van der Waals surface area (Å²) in [6.45, 7) is 3.84. The van der Waals surface area contributed by atoms with Crippen molar-refractivity contribution in [3.63, 3.8) is 0 Å². The molecule has 1 aromatic rings. The van der Waals surface area contributed by atoms with Crippen LogP contribution in [0.3, 0.4) is 0 Å². The van der Waals surface area contributed by atoms with E-state index in [-0.39, 0.29) is 5.92 Å². The van der Waals surface area contributed by atoms with E-state index in [0.717, 1.165) is 51.3 Å². The Hall–Kier alpha value is -1.53. The summed E-state index contributed by atoms with van der Waals surface area (Å²) >= 11 is 0. The van der Waals surface area contributed by atoms with Crippen molar-refractivity contribution in [2.24, 2.45) is 5.92 Å². The molecule has 3 heteroatoms. The molecular weight excluding hydrogens is 224 g/mol. The Morgan fingerprint density at radius 1 is 1.33 bits per heavy atom. The van der Waals surface area contributed by atoms with Crippen LogP contribution in [0.1, 0.15) is 19.3 Å². The molecule has 0 bridgehead atoms. The minimum atomic E-state index is 0.230. The third kappa shape index (κ3) is 4.05. The second-order valence-corrected chi connectivity index (χ2v) is 4.78. The van der Waals surface area contributed by atoms with Gasteiger partial charge in [-0.1, -0.05) is 18.2 Å². The molecule has 2 rings (SSSR count). The summed E-state index contributed by atoms with van der Waals surface area (Å²) in [5.74, 6) is 1.17. The van der Waals surface area contributed by atoms with Gasteiger partial charge in [0, 0.05) is 13.1 Å². The summed E-state index contributed by atoms with van der Waals surface area (Å²) in [5, 5.41) is 8.93. The van der Waals surface area contributed by atoms with Crippen LogP contribution in [0, 0.1) is 17.2 Å². The van der Waals surface area contributed by atoms with Gasteiger partial charge in [-0.25, -0.2) is 0 Å². The summed E-state index contributed by atoms with van der Waals surface area (Å²) in [5.41, 5.74) is 0. The Bertz CT molecular complexity index is 385. The summed E-state index contributed by atoms with van der Waals surface area (Å²) < 4.78 is 5.66. The number of piperidine rings is 1. The quantitative estimate of drug-likeness (QED) is 0.747. The fraction of sp³-hybridized carbons (Fsp3) is 0.533. The number of nitriles is 1. The predicted molar refractivity (Wildman–Crippen MR) is 71.3 cm³/mol. The molecule has 0 radical (unpaired) electrons. The summed E-state index contributed by atoms with van der Waals surface area (Å²) in [4.78, 5) is 2.38. The molecule has 0 amide bonds. The molecule has 0 N–H and O–H groups in total. The number of hydrogen-bond donors (Lipinski definition) is 0. The molecule has 96 valence electrons. The van der Waals surface area contributed by atoms with Gasteiger partial charge in [0.15, 0.2) is 0 Å². The number of nitrogens with zero attached hydrogens (tertiary/aromatic N) is 2. The van der Waals surface area contributed by atoms with Crippen LogP contribution in [0.5, 0.6) is 5.75 Å². The van der Waals surface area contributed by atoms with Gasteiger partial charge in [0.25, 0.3) is 0 Å². The van der Waals surface area contributed by atoms with E-state index in [2.05, 4.69) is 11.0 Å². The number of rotatable bonds is 5. The van der Waals surface area contributed by atoms with Gasteiger partial charge in [-0.3, -0.25) is 0 Å². The van der Waals surface area contributed by atoms with Gasteiger partial charge < -0.3 is 9.64 Å². The van der Waals surface area contributed by atoms with Gasteiger partial charge >= 0.3 is 0 Å².